The molecule has 2 aromatic heterocycles. The minimum atomic E-state index is 0.637. The zero-order chi connectivity index (χ0) is 9.54. The Balaban J connectivity index is 2.09. The lowest BCUT2D eigenvalue weighted by Crippen LogP contribution is -2.36. The van der Waals surface area contributed by atoms with Crippen LogP contribution >= 0.6 is 15.9 Å². The summed E-state index contributed by atoms with van der Waals surface area (Å²) in [6.07, 6.45) is 3.24. The van der Waals surface area contributed by atoms with Crippen LogP contribution in [-0.4, -0.2) is 27.7 Å². The van der Waals surface area contributed by atoms with E-state index in [1.54, 1.807) is 4.52 Å². The molecule has 0 radical (unpaired) electrons. The number of hydrogen-bond donors (Lipinski definition) is 0. The summed E-state index contributed by atoms with van der Waals surface area (Å²) in [6.45, 7) is 2.32. The van der Waals surface area contributed by atoms with E-state index < -0.39 is 0 Å². The summed E-state index contributed by atoms with van der Waals surface area (Å²) in [6, 6.07) is 4.14. The van der Waals surface area contributed by atoms with Crippen LogP contribution in [0.4, 0.5) is 5.69 Å². The molecule has 0 N–H and O–H groups in total. The SMILES string of the molecule is Brc1nc2cc(N3CCC3)ccn2n1. The van der Waals surface area contributed by atoms with E-state index in [9.17, 15) is 0 Å². The number of aromatic nitrogens is 3. The highest BCUT2D eigenvalue weighted by Gasteiger charge is 2.14. The molecule has 0 spiro atoms. The Hall–Kier alpha value is -1.10. The van der Waals surface area contributed by atoms with E-state index in [1.807, 2.05) is 6.20 Å². The molecule has 0 atom stereocenters. The van der Waals surface area contributed by atoms with Crippen molar-refractivity contribution < 1.29 is 0 Å². The monoisotopic (exact) mass is 252 g/mol. The average molecular weight is 253 g/mol. The van der Waals surface area contributed by atoms with Gasteiger partial charge in [-0.05, 0) is 28.4 Å². The standard InChI is InChI=1S/C9H9BrN4/c10-9-11-8-6-7(13-3-1-4-13)2-5-14(8)12-9/h2,5-6H,1,3-4H2. The molecule has 0 aromatic carbocycles. The van der Waals surface area contributed by atoms with Gasteiger partial charge in [-0.1, -0.05) is 0 Å². The van der Waals surface area contributed by atoms with Crippen LogP contribution in [-0.2, 0) is 0 Å². The Morgan fingerprint density at radius 3 is 2.93 bits per heavy atom. The van der Waals surface area contributed by atoms with Gasteiger partial charge in [0, 0.05) is 31.0 Å². The molecule has 0 unspecified atom stereocenters. The van der Waals surface area contributed by atoms with Crippen LogP contribution in [0.15, 0.2) is 23.1 Å². The molecule has 1 saturated heterocycles. The maximum Gasteiger partial charge on any atom is 0.218 e. The molecule has 1 aliphatic heterocycles. The Bertz CT molecular complexity index is 475. The molecule has 0 aliphatic carbocycles. The van der Waals surface area contributed by atoms with Gasteiger partial charge in [-0.25, -0.2) is 9.50 Å². The third kappa shape index (κ3) is 1.19. The van der Waals surface area contributed by atoms with Crippen LogP contribution in [0.1, 0.15) is 6.42 Å². The molecule has 0 bridgehead atoms. The van der Waals surface area contributed by atoms with E-state index in [-0.39, 0.29) is 0 Å². The second-order valence-corrected chi connectivity index (χ2v) is 4.12. The van der Waals surface area contributed by atoms with Crippen LogP contribution in [0.2, 0.25) is 0 Å². The van der Waals surface area contributed by atoms with Crippen LogP contribution in [0.5, 0.6) is 0 Å². The number of rotatable bonds is 1. The molecule has 72 valence electrons. The van der Waals surface area contributed by atoms with Crippen molar-refractivity contribution in [2.24, 2.45) is 0 Å². The predicted molar refractivity (Wildman–Crippen MR) is 57.5 cm³/mol. The predicted octanol–water partition coefficient (Wildman–Crippen LogP) is 1.70. The summed E-state index contributed by atoms with van der Waals surface area (Å²) in [5, 5.41) is 4.16. The largest absolute Gasteiger partial charge is 0.371 e. The smallest absolute Gasteiger partial charge is 0.218 e. The maximum atomic E-state index is 4.26. The van der Waals surface area contributed by atoms with E-state index >= 15 is 0 Å². The lowest BCUT2D eigenvalue weighted by Gasteiger charge is -2.32. The van der Waals surface area contributed by atoms with Gasteiger partial charge >= 0.3 is 0 Å². The van der Waals surface area contributed by atoms with Gasteiger partial charge in [0.05, 0.1) is 0 Å². The van der Waals surface area contributed by atoms with Gasteiger partial charge in [0.2, 0.25) is 4.73 Å². The van der Waals surface area contributed by atoms with Crippen molar-refractivity contribution in [2.45, 2.75) is 6.42 Å². The first-order valence-corrected chi connectivity index (χ1v) is 5.39. The van der Waals surface area contributed by atoms with Gasteiger partial charge in [-0.15, -0.1) is 5.10 Å². The minimum Gasteiger partial charge on any atom is -0.371 e. The summed E-state index contributed by atoms with van der Waals surface area (Å²) in [5.41, 5.74) is 2.13. The van der Waals surface area contributed by atoms with Crippen molar-refractivity contribution in [3.8, 4) is 0 Å². The minimum absolute atomic E-state index is 0.637. The first-order chi connectivity index (χ1) is 6.83. The van der Waals surface area contributed by atoms with Crippen molar-refractivity contribution in [3.05, 3.63) is 23.1 Å². The molecule has 5 heteroatoms. The van der Waals surface area contributed by atoms with Crippen molar-refractivity contribution >= 4 is 27.3 Å². The topological polar surface area (TPSA) is 33.4 Å². The fraction of sp³-hybridized carbons (Fsp3) is 0.333. The fourth-order valence-electron chi connectivity index (χ4n) is 1.61. The third-order valence-corrected chi connectivity index (χ3v) is 2.85. The first kappa shape index (κ1) is 8.23. The zero-order valence-electron chi connectivity index (χ0n) is 7.52. The zero-order valence-corrected chi connectivity index (χ0v) is 9.11. The van der Waals surface area contributed by atoms with E-state index in [0.29, 0.717) is 4.73 Å². The molecule has 3 heterocycles. The lowest BCUT2D eigenvalue weighted by molar-refractivity contribution is 0.617. The number of halogens is 1. The van der Waals surface area contributed by atoms with Gasteiger partial charge in [0.1, 0.15) is 0 Å². The molecule has 4 nitrogen and oxygen atoms in total. The highest BCUT2D eigenvalue weighted by molar-refractivity contribution is 9.10. The van der Waals surface area contributed by atoms with Crippen LogP contribution in [0.25, 0.3) is 5.65 Å². The number of nitrogens with zero attached hydrogens (tertiary/aromatic N) is 4. The molecule has 2 aromatic rings. The van der Waals surface area contributed by atoms with E-state index in [0.717, 1.165) is 18.7 Å². The highest BCUT2D eigenvalue weighted by atomic mass is 79.9. The molecule has 14 heavy (non-hydrogen) atoms. The Labute approximate surface area is 89.7 Å². The van der Waals surface area contributed by atoms with Gasteiger partial charge in [-0.3, -0.25) is 0 Å². The Morgan fingerprint density at radius 1 is 1.36 bits per heavy atom. The molecule has 0 amide bonds. The quantitative estimate of drug-likeness (QED) is 0.775. The van der Waals surface area contributed by atoms with E-state index in [1.165, 1.54) is 12.1 Å². The summed E-state index contributed by atoms with van der Waals surface area (Å²) in [7, 11) is 0. The van der Waals surface area contributed by atoms with Crippen molar-refractivity contribution in [3.63, 3.8) is 0 Å². The normalized spacial score (nSPS) is 15.9. The van der Waals surface area contributed by atoms with Crippen LogP contribution < -0.4 is 4.90 Å². The van der Waals surface area contributed by atoms with Crippen molar-refractivity contribution in [2.75, 3.05) is 18.0 Å². The molecular weight excluding hydrogens is 244 g/mol. The summed E-state index contributed by atoms with van der Waals surface area (Å²) in [4.78, 5) is 6.59. The fourth-order valence-corrected chi connectivity index (χ4v) is 1.97. The van der Waals surface area contributed by atoms with Gasteiger partial charge in [-0.2, -0.15) is 0 Å². The van der Waals surface area contributed by atoms with Crippen LogP contribution in [0.3, 0.4) is 0 Å². The maximum absolute atomic E-state index is 4.26. The Kier molecular flexibility index (Phi) is 1.73. The van der Waals surface area contributed by atoms with E-state index in [2.05, 4.69) is 43.0 Å². The number of hydrogen-bond acceptors (Lipinski definition) is 3. The van der Waals surface area contributed by atoms with Gasteiger partial charge in [0.25, 0.3) is 0 Å². The van der Waals surface area contributed by atoms with Gasteiger partial charge < -0.3 is 4.90 Å². The average Bonchev–Trinajstić information content (AvgIpc) is 2.40. The highest BCUT2D eigenvalue weighted by Crippen LogP contribution is 2.21. The number of pyridine rings is 1. The van der Waals surface area contributed by atoms with E-state index in [4.69, 9.17) is 0 Å². The second-order valence-electron chi connectivity index (χ2n) is 3.41. The molecular formula is C9H9BrN4. The molecule has 0 saturated carbocycles. The number of anilines is 1. The first-order valence-electron chi connectivity index (χ1n) is 4.60. The van der Waals surface area contributed by atoms with Crippen LogP contribution in [0, 0.1) is 0 Å². The molecule has 3 rings (SSSR count). The van der Waals surface area contributed by atoms with Gasteiger partial charge in [0.15, 0.2) is 5.65 Å². The molecule has 1 aliphatic rings. The summed E-state index contributed by atoms with van der Waals surface area (Å²) < 4.78 is 2.41. The number of fused-ring (bicyclic) bond motifs is 1. The summed E-state index contributed by atoms with van der Waals surface area (Å²) in [5.74, 6) is 0. The molecule has 1 fully saturated rings. The van der Waals surface area contributed by atoms with Crippen molar-refractivity contribution in [1.29, 1.82) is 0 Å². The summed E-state index contributed by atoms with van der Waals surface area (Å²) >= 11 is 3.26. The lowest BCUT2D eigenvalue weighted by atomic mass is 10.2. The van der Waals surface area contributed by atoms with Crippen molar-refractivity contribution in [1.82, 2.24) is 14.6 Å². The third-order valence-electron chi connectivity index (χ3n) is 2.52. The second kappa shape index (κ2) is 2.95. The Morgan fingerprint density at radius 2 is 2.21 bits per heavy atom.